The van der Waals surface area contributed by atoms with Gasteiger partial charge in [0.15, 0.2) is 0 Å². The van der Waals surface area contributed by atoms with Gasteiger partial charge in [-0.2, -0.15) is 9.97 Å². The standard InChI is InChI=1S/C23H37BrN6O4/c1-23(2,3)34-22(31)29-10-8-28(9-11-29)20-18-5-7-30(24)17-19(18)25-21(26-20)33-14-4-6-27-12-15-32-16-13-27/h4-17H2,1-3H3. The van der Waals surface area contributed by atoms with E-state index >= 15 is 0 Å². The molecule has 0 aromatic carbocycles. The molecule has 4 rings (SSSR count). The van der Waals surface area contributed by atoms with Crippen LogP contribution >= 0.6 is 16.1 Å². The fourth-order valence-corrected chi connectivity index (χ4v) is 4.80. The molecule has 190 valence electrons. The van der Waals surface area contributed by atoms with E-state index in [0.717, 1.165) is 63.7 Å². The Hall–Kier alpha value is -1.69. The molecule has 3 aliphatic heterocycles. The number of carbonyl (C=O) groups excluding carboxylic acids is 1. The Labute approximate surface area is 210 Å². The maximum Gasteiger partial charge on any atom is 0.410 e. The molecular weight excluding hydrogens is 504 g/mol. The van der Waals surface area contributed by atoms with Gasteiger partial charge in [0.05, 0.1) is 32.1 Å². The number of halogens is 1. The van der Waals surface area contributed by atoms with Crippen LogP contribution in [0.2, 0.25) is 0 Å². The number of carbonyl (C=O) groups is 1. The van der Waals surface area contributed by atoms with E-state index in [2.05, 4.69) is 29.9 Å². The minimum absolute atomic E-state index is 0.254. The number of nitrogens with zero attached hydrogens (tertiary/aromatic N) is 6. The molecule has 2 fully saturated rings. The smallest absolute Gasteiger partial charge is 0.410 e. The molecule has 0 N–H and O–H groups in total. The van der Waals surface area contributed by atoms with Crippen molar-refractivity contribution in [1.29, 1.82) is 0 Å². The molecule has 1 amide bonds. The highest BCUT2D eigenvalue weighted by Gasteiger charge is 2.30. The summed E-state index contributed by atoms with van der Waals surface area (Å²) in [6, 6.07) is 0.438. The van der Waals surface area contributed by atoms with Crippen molar-refractivity contribution in [3.8, 4) is 6.01 Å². The van der Waals surface area contributed by atoms with Gasteiger partial charge in [-0.3, -0.25) is 4.90 Å². The number of rotatable bonds is 6. The molecule has 0 aliphatic carbocycles. The van der Waals surface area contributed by atoms with Crippen molar-refractivity contribution in [3.63, 3.8) is 0 Å². The Kier molecular flexibility index (Phi) is 8.49. The zero-order chi connectivity index (χ0) is 24.1. The fourth-order valence-electron chi connectivity index (χ4n) is 4.39. The highest BCUT2D eigenvalue weighted by Crippen LogP contribution is 2.30. The second-order valence-corrected chi connectivity index (χ2v) is 11.0. The minimum Gasteiger partial charge on any atom is -0.463 e. The average molecular weight is 541 g/mol. The van der Waals surface area contributed by atoms with Gasteiger partial charge in [0.2, 0.25) is 0 Å². The third-order valence-electron chi connectivity index (χ3n) is 6.16. The highest BCUT2D eigenvalue weighted by atomic mass is 79.9. The monoisotopic (exact) mass is 540 g/mol. The Morgan fingerprint density at radius 3 is 2.50 bits per heavy atom. The van der Waals surface area contributed by atoms with Gasteiger partial charge in [0.25, 0.3) is 0 Å². The number of hydrogen-bond donors (Lipinski definition) is 0. The summed E-state index contributed by atoms with van der Waals surface area (Å²) in [6.07, 6.45) is 1.55. The molecular formula is C23H37BrN6O4. The molecule has 3 aliphatic rings. The second-order valence-electron chi connectivity index (χ2n) is 9.96. The van der Waals surface area contributed by atoms with E-state index in [1.165, 1.54) is 5.56 Å². The lowest BCUT2D eigenvalue weighted by atomic mass is 10.1. The van der Waals surface area contributed by atoms with E-state index in [0.29, 0.717) is 45.3 Å². The first-order chi connectivity index (χ1) is 16.3. The SMILES string of the molecule is CC(C)(C)OC(=O)N1CCN(c2nc(OCCCN3CCOCC3)nc3c2CCN(Br)C3)CC1. The molecule has 2 saturated heterocycles. The molecule has 10 nitrogen and oxygen atoms in total. The van der Waals surface area contributed by atoms with Crippen LogP contribution in [0.1, 0.15) is 38.4 Å². The number of morpholine rings is 1. The lowest BCUT2D eigenvalue weighted by Crippen LogP contribution is -2.50. The van der Waals surface area contributed by atoms with Crippen LogP contribution in [-0.2, 0) is 22.4 Å². The van der Waals surface area contributed by atoms with E-state index < -0.39 is 5.60 Å². The summed E-state index contributed by atoms with van der Waals surface area (Å²) in [7, 11) is 0. The van der Waals surface area contributed by atoms with Crippen LogP contribution in [0.3, 0.4) is 0 Å². The van der Waals surface area contributed by atoms with Crippen molar-refractivity contribution in [2.75, 3.05) is 77.1 Å². The molecule has 0 unspecified atom stereocenters. The normalized spacial score (nSPS) is 20.2. The topological polar surface area (TPSA) is 83.5 Å². The first-order valence-corrected chi connectivity index (χ1v) is 13.0. The third-order valence-corrected chi connectivity index (χ3v) is 6.77. The van der Waals surface area contributed by atoms with Gasteiger partial charge in [0.1, 0.15) is 11.4 Å². The molecule has 0 saturated carbocycles. The number of hydrogen-bond acceptors (Lipinski definition) is 9. The van der Waals surface area contributed by atoms with Gasteiger partial charge >= 0.3 is 12.1 Å². The lowest BCUT2D eigenvalue weighted by Gasteiger charge is -2.37. The summed E-state index contributed by atoms with van der Waals surface area (Å²) in [5.74, 6) is 0.942. The van der Waals surface area contributed by atoms with Gasteiger partial charge in [0, 0.05) is 74.1 Å². The van der Waals surface area contributed by atoms with Crippen LogP contribution in [0.25, 0.3) is 0 Å². The van der Waals surface area contributed by atoms with Gasteiger partial charge in [-0.25, -0.2) is 8.72 Å². The van der Waals surface area contributed by atoms with Gasteiger partial charge in [-0.1, -0.05) is 0 Å². The van der Waals surface area contributed by atoms with Crippen LogP contribution in [0, 0.1) is 0 Å². The summed E-state index contributed by atoms with van der Waals surface area (Å²) in [5, 5.41) is 0. The number of piperazine rings is 1. The van der Waals surface area contributed by atoms with Crippen molar-refractivity contribution in [3.05, 3.63) is 11.3 Å². The van der Waals surface area contributed by atoms with E-state index in [1.807, 2.05) is 20.8 Å². The first-order valence-electron chi connectivity index (χ1n) is 12.2. The lowest BCUT2D eigenvalue weighted by molar-refractivity contribution is 0.0240. The predicted octanol–water partition coefficient (Wildman–Crippen LogP) is 2.30. The van der Waals surface area contributed by atoms with E-state index in [4.69, 9.17) is 24.2 Å². The summed E-state index contributed by atoms with van der Waals surface area (Å²) in [4.78, 5) is 28.5. The zero-order valence-electron chi connectivity index (χ0n) is 20.6. The van der Waals surface area contributed by atoms with Crippen molar-refractivity contribution in [2.24, 2.45) is 0 Å². The number of anilines is 1. The van der Waals surface area contributed by atoms with Gasteiger partial charge in [-0.05, 0) is 33.6 Å². The summed E-state index contributed by atoms with van der Waals surface area (Å²) < 4.78 is 19.1. The molecule has 1 aromatic heterocycles. The molecule has 0 bridgehead atoms. The predicted molar refractivity (Wildman–Crippen MR) is 132 cm³/mol. The van der Waals surface area contributed by atoms with Crippen molar-refractivity contribution in [1.82, 2.24) is 23.7 Å². The fraction of sp³-hybridized carbons (Fsp3) is 0.783. The van der Waals surface area contributed by atoms with Crippen LogP contribution < -0.4 is 9.64 Å². The molecule has 11 heteroatoms. The van der Waals surface area contributed by atoms with Crippen molar-refractivity contribution >= 4 is 28.1 Å². The van der Waals surface area contributed by atoms with E-state index in [1.54, 1.807) is 4.90 Å². The van der Waals surface area contributed by atoms with Crippen LogP contribution in [0.4, 0.5) is 10.6 Å². The van der Waals surface area contributed by atoms with E-state index in [9.17, 15) is 4.79 Å². The quantitative estimate of drug-likeness (QED) is 0.398. The van der Waals surface area contributed by atoms with Crippen molar-refractivity contribution < 1.29 is 19.0 Å². The zero-order valence-corrected chi connectivity index (χ0v) is 22.2. The summed E-state index contributed by atoms with van der Waals surface area (Å²) in [6.45, 7) is 15.1. The van der Waals surface area contributed by atoms with Crippen molar-refractivity contribution in [2.45, 2.75) is 45.8 Å². The minimum atomic E-state index is -0.491. The number of aromatic nitrogens is 2. The van der Waals surface area contributed by atoms with Crippen LogP contribution in [0.5, 0.6) is 6.01 Å². The van der Waals surface area contributed by atoms with Gasteiger partial charge in [-0.15, -0.1) is 0 Å². The maximum absolute atomic E-state index is 12.5. The average Bonchev–Trinajstić information content (AvgIpc) is 2.81. The number of amides is 1. The Morgan fingerprint density at radius 1 is 1.06 bits per heavy atom. The highest BCUT2D eigenvalue weighted by molar-refractivity contribution is 9.07. The van der Waals surface area contributed by atoms with Crippen LogP contribution in [-0.4, -0.2) is 108 Å². The molecule has 34 heavy (non-hydrogen) atoms. The summed E-state index contributed by atoms with van der Waals surface area (Å²) >= 11 is 3.60. The molecule has 4 heterocycles. The first kappa shape index (κ1) is 25.4. The van der Waals surface area contributed by atoms with Gasteiger partial charge < -0.3 is 24.0 Å². The van der Waals surface area contributed by atoms with E-state index in [-0.39, 0.29) is 6.09 Å². The molecule has 1 aromatic rings. The molecule has 0 spiro atoms. The number of ether oxygens (including phenoxy) is 3. The third kappa shape index (κ3) is 6.93. The molecule has 0 radical (unpaired) electrons. The maximum atomic E-state index is 12.5. The summed E-state index contributed by atoms with van der Waals surface area (Å²) in [5.41, 5.74) is 1.70. The Morgan fingerprint density at radius 2 is 1.79 bits per heavy atom. The Balaban J connectivity index is 1.39. The number of fused-ring (bicyclic) bond motifs is 1. The Bertz CT molecular complexity index is 837. The molecule has 0 atom stereocenters. The largest absolute Gasteiger partial charge is 0.463 e. The van der Waals surface area contributed by atoms with Crippen LogP contribution in [0.15, 0.2) is 0 Å². The second kappa shape index (κ2) is 11.4.